The summed E-state index contributed by atoms with van der Waals surface area (Å²) in [5, 5.41) is 7.16. The number of cyclic esters (lactones) is 1. The minimum absolute atomic E-state index is 0.0590. The van der Waals surface area contributed by atoms with Crippen LogP contribution in [0.4, 0.5) is 4.79 Å². The van der Waals surface area contributed by atoms with Crippen LogP contribution < -0.4 is 15.2 Å². The van der Waals surface area contributed by atoms with Crippen molar-refractivity contribution in [1.29, 1.82) is 0 Å². The molecule has 2 rings (SSSR count). The number of rotatable bonds is 4. The van der Waals surface area contributed by atoms with Gasteiger partial charge in [0.1, 0.15) is 22.3 Å². The van der Waals surface area contributed by atoms with E-state index >= 15 is 0 Å². The average molecular weight is 341 g/mol. The van der Waals surface area contributed by atoms with E-state index in [1.807, 2.05) is 0 Å². The normalized spacial score (nSPS) is 18.6. The van der Waals surface area contributed by atoms with E-state index in [0.29, 0.717) is 6.54 Å². The lowest BCUT2D eigenvalue weighted by Gasteiger charge is -2.13. The first-order valence-corrected chi connectivity index (χ1v) is 7.67. The summed E-state index contributed by atoms with van der Waals surface area (Å²) in [6.45, 7) is 0.378. The molecule has 10 heteroatoms. The second-order valence-electron chi connectivity index (χ2n) is 3.95. The number of ether oxygens (including phenoxy) is 2. The first-order chi connectivity index (χ1) is 9.29. The molecule has 20 heavy (non-hydrogen) atoms. The summed E-state index contributed by atoms with van der Waals surface area (Å²) in [4.78, 5) is 10.5. The van der Waals surface area contributed by atoms with Crippen LogP contribution in [0.25, 0.3) is 0 Å². The quantitative estimate of drug-likeness (QED) is 0.853. The average Bonchev–Trinajstić information content (AvgIpc) is 2.75. The third-order valence-corrected chi connectivity index (χ3v) is 4.42. The molecule has 1 amide bonds. The molecule has 0 saturated carbocycles. The predicted molar refractivity (Wildman–Crippen MR) is 71.6 cm³/mol. The molecule has 1 heterocycles. The molecule has 1 fully saturated rings. The molecule has 1 atom stereocenters. The summed E-state index contributed by atoms with van der Waals surface area (Å²) in [6, 6.07) is 2.52. The van der Waals surface area contributed by atoms with E-state index in [9.17, 15) is 13.2 Å². The van der Waals surface area contributed by atoms with Crippen molar-refractivity contribution in [3.8, 4) is 5.75 Å². The van der Waals surface area contributed by atoms with Gasteiger partial charge in [0.2, 0.25) is 10.0 Å². The van der Waals surface area contributed by atoms with Crippen LogP contribution in [0.2, 0.25) is 10.0 Å². The Kier molecular flexibility index (Phi) is 4.28. The molecule has 0 aliphatic carbocycles. The van der Waals surface area contributed by atoms with E-state index in [1.54, 1.807) is 0 Å². The van der Waals surface area contributed by atoms with Crippen LogP contribution in [-0.2, 0) is 14.8 Å². The number of carbonyl (C=O) groups excluding carboxylic acids is 1. The maximum atomic E-state index is 11.2. The molecule has 0 spiro atoms. The van der Waals surface area contributed by atoms with E-state index in [0.717, 1.165) is 0 Å². The number of alkyl carbamates (subject to hydrolysis) is 1. The van der Waals surface area contributed by atoms with Crippen LogP contribution in [0.3, 0.4) is 0 Å². The van der Waals surface area contributed by atoms with Crippen LogP contribution >= 0.6 is 23.2 Å². The number of benzene rings is 1. The van der Waals surface area contributed by atoms with Gasteiger partial charge in [-0.25, -0.2) is 18.4 Å². The predicted octanol–water partition coefficient (Wildman–Crippen LogP) is 1.13. The molecule has 1 aliphatic heterocycles. The van der Waals surface area contributed by atoms with Crippen LogP contribution in [-0.4, -0.2) is 33.8 Å². The van der Waals surface area contributed by atoms with E-state index in [2.05, 4.69) is 5.32 Å². The van der Waals surface area contributed by atoms with Crippen molar-refractivity contribution in [3.63, 3.8) is 0 Å². The maximum absolute atomic E-state index is 11.2. The highest BCUT2D eigenvalue weighted by atomic mass is 35.5. The molecule has 0 bridgehead atoms. The van der Waals surface area contributed by atoms with Crippen LogP contribution in [0, 0.1) is 0 Å². The van der Waals surface area contributed by atoms with Gasteiger partial charge in [-0.2, -0.15) is 0 Å². The summed E-state index contributed by atoms with van der Waals surface area (Å²) in [5.41, 5.74) is 0. The van der Waals surface area contributed by atoms with Crippen molar-refractivity contribution in [2.75, 3.05) is 13.2 Å². The number of amides is 1. The minimum atomic E-state index is -3.96. The minimum Gasteiger partial charge on any atom is -0.488 e. The van der Waals surface area contributed by atoms with Crippen LogP contribution in [0.1, 0.15) is 0 Å². The number of halogens is 2. The molecule has 0 radical (unpaired) electrons. The lowest BCUT2D eigenvalue weighted by molar-refractivity contribution is 0.105. The van der Waals surface area contributed by atoms with Crippen molar-refractivity contribution >= 4 is 39.3 Å². The molecule has 7 nitrogen and oxygen atoms in total. The van der Waals surface area contributed by atoms with Crippen LogP contribution in [0.15, 0.2) is 17.0 Å². The Morgan fingerprint density at radius 2 is 2.10 bits per heavy atom. The first-order valence-electron chi connectivity index (χ1n) is 5.37. The summed E-state index contributed by atoms with van der Waals surface area (Å²) in [7, 11) is -3.96. The van der Waals surface area contributed by atoms with E-state index in [1.165, 1.54) is 12.1 Å². The Morgan fingerprint density at radius 3 is 2.65 bits per heavy atom. The van der Waals surface area contributed by atoms with E-state index in [-0.39, 0.29) is 27.3 Å². The zero-order valence-corrected chi connectivity index (χ0v) is 12.3. The third-order valence-electron chi connectivity index (χ3n) is 2.49. The molecule has 3 N–H and O–H groups in total. The fourth-order valence-electron chi connectivity index (χ4n) is 1.55. The number of hydrogen-bond acceptors (Lipinski definition) is 5. The van der Waals surface area contributed by atoms with Gasteiger partial charge in [0.15, 0.2) is 6.10 Å². The number of nitrogens with two attached hydrogens (primary N) is 1. The molecule has 1 aromatic rings. The monoisotopic (exact) mass is 340 g/mol. The topological polar surface area (TPSA) is 108 Å². The Hall–Kier alpha value is -1.22. The number of carbonyl (C=O) groups is 1. The van der Waals surface area contributed by atoms with Crippen molar-refractivity contribution in [2.24, 2.45) is 5.14 Å². The van der Waals surface area contributed by atoms with Gasteiger partial charge >= 0.3 is 6.09 Å². The van der Waals surface area contributed by atoms with Crippen molar-refractivity contribution in [1.82, 2.24) is 5.32 Å². The van der Waals surface area contributed by atoms with Gasteiger partial charge in [-0.05, 0) is 12.1 Å². The Labute approximate surface area is 125 Å². The number of hydrogen-bond donors (Lipinski definition) is 2. The number of nitrogens with one attached hydrogen (secondary N) is 1. The highest BCUT2D eigenvalue weighted by molar-refractivity contribution is 7.89. The van der Waals surface area contributed by atoms with Gasteiger partial charge in [0.05, 0.1) is 11.6 Å². The van der Waals surface area contributed by atoms with Gasteiger partial charge in [-0.15, -0.1) is 0 Å². The highest BCUT2D eigenvalue weighted by Crippen LogP contribution is 2.36. The number of primary sulfonamides is 1. The summed E-state index contributed by atoms with van der Waals surface area (Å²) >= 11 is 11.8. The SMILES string of the molecule is NS(=O)(=O)c1ccc(OCC2CNC(=O)O2)c(Cl)c1Cl. The standard InChI is InChI=1S/C10H10Cl2N2O5S/c11-8-6(18-4-5-3-14-10(15)19-5)1-2-7(9(8)12)20(13,16)17/h1-2,5H,3-4H2,(H,14,15)(H2,13,16,17). The van der Waals surface area contributed by atoms with Gasteiger partial charge in [0.25, 0.3) is 0 Å². The summed E-state index contributed by atoms with van der Waals surface area (Å²) < 4.78 is 32.7. The van der Waals surface area contributed by atoms with Crippen molar-refractivity contribution in [3.05, 3.63) is 22.2 Å². The number of sulfonamides is 1. The third kappa shape index (κ3) is 3.26. The smallest absolute Gasteiger partial charge is 0.407 e. The van der Waals surface area contributed by atoms with Gasteiger partial charge in [0, 0.05) is 0 Å². The molecular formula is C10H10Cl2N2O5S. The Balaban J connectivity index is 2.14. The first kappa shape index (κ1) is 15.2. The highest BCUT2D eigenvalue weighted by Gasteiger charge is 2.24. The molecule has 110 valence electrons. The molecule has 1 saturated heterocycles. The molecular weight excluding hydrogens is 331 g/mol. The lowest BCUT2D eigenvalue weighted by atomic mass is 10.3. The van der Waals surface area contributed by atoms with E-state index in [4.69, 9.17) is 37.8 Å². The fraction of sp³-hybridized carbons (Fsp3) is 0.300. The summed E-state index contributed by atoms with van der Waals surface area (Å²) in [6.07, 6.45) is -0.970. The second-order valence-corrected chi connectivity index (χ2v) is 6.24. The fourth-order valence-corrected chi connectivity index (χ4v) is 2.92. The largest absolute Gasteiger partial charge is 0.488 e. The van der Waals surface area contributed by atoms with E-state index < -0.39 is 22.2 Å². The molecule has 1 aliphatic rings. The molecule has 1 aromatic carbocycles. The Bertz CT molecular complexity index is 649. The lowest BCUT2D eigenvalue weighted by Crippen LogP contribution is -2.22. The van der Waals surface area contributed by atoms with Crippen molar-refractivity contribution in [2.45, 2.75) is 11.0 Å². The van der Waals surface area contributed by atoms with Crippen LogP contribution in [0.5, 0.6) is 5.75 Å². The maximum Gasteiger partial charge on any atom is 0.407 e. The molecule has 1 unspecified atom stereocenters. The Morgan fingerprint density at radius 1 is 1.40 bits per heavy atom. The molecule has 0 aromatic heterocycles. The zero-order chi connectivity index (χ0) is 14.9. The zero-order valence-electron chi connectivity index (χ0n) is 9.93. The van der Waals surface area contributed by atoms with Crippen molar-refractivity contribution < 1.29 is 22.7 Å². The van der Waals surface area contributed by atoms with Gasteiger partial charge in [-0.3, -0.25) is 0 Å². The second kappa shape index (κ2) is 5.65. The summed E-state index contributed by atoms with van der Waals surface area (Å²) in [5.74, 6) is 0.173. The van der Waals surface area contributed by atoms with Gasteiger partial charge < -0.3 is 14.8 Å². The van der Waals surface area contributed by atoms with Gasteiger partial charge in [-0.1, -0.05) is 23.2 Å².